The standard InChI is InChI=1S/C27H31N5O5S/c1-15(18-9-10-28-20-5-8-25(36-2)32-26(18)20)21-6-4-19(22(37-21)11-17(34)13-33)29-12-16-3-7-23-27(30-16)31-24(35)14-38-23/h3,5,7-10,17,19,21-22,29,33-34H,1,4,6,11-14H2,2H3,(H,30,31,35)/t17-,19?,21?,22?/m0/s1. The molecular weight excluding hydrogens is 506 g/mol. The van der Waals surface area contributed by atoms with Crippen LogP contribution in [-0.2, 0) is 16.1 Å². The third-order valence-electron chi connectivity index (χ3n) is 6.82. The smallest absolute Gasteiger partial charge is 0.235 e. The van der Waals surface area contributed by atoms with E-state index in [-0.39, 0.29) is 37.2 Å². The molecule has 0 aromatic carbocycles. The molecule has 0 bridgehead atoms. The molecule has 11 heteroatoms. The predicted octanol–water partition coefficient (Wildman–Crippen LogP) is 2.54. The third-order valence-corrected chi connectivity index (χ3v) is 7.87. The molecule has 0 aliphatic carbocycles. The second kappa shape index (κ2) is 11.7. The minimum Gasteiger partial charge on any atom is -0.481 e. The van der Waals surface area contributed by atoms with Gasteiger partial charge in [0.05, 0.1) is 53.9 Å². The van der Waals surface area contributed by atoms with E-state index >= 15 is 0 Å². The SMILES string of the molecule is C=C(c1ccnc2ccc(OC)nc12)C1CCC(NCc2ccc3c(n2)NC(=O)CS3)C(C[C@H](O)CO)O1. The molecule has 1 amide bonds. The van der Waals surface area contributed by atoms with Gasteiger partial charge in [0, 0.05) is 36.8 Å². The molecule has 3 unspecified atom stereocenters. The van der Waals surface area contributed by atoms with Crippen LogP contribution < -0.4 is 15.4 Å². The number of methoxy groups -OCH3 is 1. The van der Waals surface area contributed by atoms with Gasteiger partial charge < -0.3 is 30.3 Å². The topological polar surface area (TPSA) is 139 Å². The average Bonchev–Trinajstić information content (AvgIpc) is 2.95. The highest BCUT2D eigenvalue weighted by Crippen LogP contribution is 2.34. The van der Waals surface area contributed by atoms with Crippen LogP contribution in [0.3, 0.4) is 0 Å². The van der Waals surface area contributed by atoms with Crippen molar-refractivity contribution in [1.82, 2.24) is 20.3 Å². The number of hydrogen-bond acceptors (Lipinski definition) is 10. The summed E-state index contributed by atoms with van der Waals surface area (Å²) >= 11 is 1.47. The minimum absolute atomic E-state index is 0.0549. The van der Waals surface area contributed by atoms with Crippen molar-refractivity contribution < 1.29 is 24.5 Å². The second-order valence-corrected chi connectivity index (χ2v) is 10.4. The number of nitrogens with zero attached hydrogens (tertiary/aromatic N) is 3. The van der Waals surface area contributed by atoms with Crippen LogP contribution in [0.25, 0.3) is 16.6 Å². The number of fused-ring (bicyclic) bond motifs is 2. The van der Waals surface area contributed by atoms with Gasteiger partial charge in [-0.15, -0.1) is 11.8 Å². The number of hydrogen-bond donors (Lipinski definition) is 4. The number of anilines is 1. The van der Waals surface area contributed by atoms with E-state index in [4.69, 9.17) is 9.47 Å². The quantitative estimate of drug-likeness (QED) is 0.322. The van der Waals surface area contributed by atoms with Crippen LogP contribution >= 0.6 is 11.8 Å². The summed E-state index contributed by atoms with van der Waals surface area (Å²) in [5.41, 5.74) is 3.84. The maximum absolute atomic E-state index is 11.7. The van der Waals surface area contributed by atoms with Crippen molar-refractivity contribution in [2.75, 3.05) is 24.8 Å². The lowest BCUT2D eigenvalue weighted by molar-refractivity contribution is -0.113. The Hall–Kier alpha value is -3.09. The van der Waals surface area contributed by atoms with E-state index < -0.39 is 6.10 Å². The molecule has 38 heavy (non-hydrogen) atoms. The van der Waals surface area contributed by atoms with Crippen molar-refractivity contribution in [3.05, 3.63) is 54.4 Å². The van der Waals surface area contributed by atoms with Gasteiger partial charge >= 0.3 is 0 Å². The van der Waals surface area contributed by atoms with E-state index in [1.54, 1.807) is 19.4 Å². The number of thioether (sulfide) groups is 1. The van der Waals surface area contributed by atoms with Crippen LogP contribution in [0.2, 0.25) is 0 Å². The Bertz CT molecular complexity index is 1340. The highest BCUT2D eigenvalue weighted by atomic mass is 32.2. The average molecular weight is 538 g/mol. The molecule has 2 aliphatic rings. The third kappa shape index (κ3) is 5.82. The maximum atomic E-state index is 11.7. The van der Waals surface area contributed by atoms with Gasteiger partial charge in [0.2, 0.25) is 11.8 Å². The number of carbonyl (C=O) groups is 1. The number of carbonyl (C=O) groups excluding carboxylic acids is 1. The summed E-state index contributed by atoms with van der Waals surface area (Å²) in [6, 6.07) is 9.34. The Labute approximate surface area is 224 Å². The van der Waals surface area contributed by atoms with Crippen LogP contribution in [0.5, 0.6) is 5.88 Å². The normalized spacial score (nSPS) is 22.0. The molecule has 10 nitrogen and oxygen atoms in total. The number of amides is 1. The van der Waals surface area contributed by atoms with E-state index in [2.05, 4.69) is 32.2 Å². The zero-order chi connectivity index (χ0) is 26.6. The zero-order valence-electron chi connectivity index (χ0n) is 21.1. The Kier molecular flexibility index (Phi) is 8.20. The number of rotatable bonds is 9. The van der Waals surface area contributed by atoms with Crippen molar-refractivity contribution >= 4 is 40.1 Å². The fourth-order valence-corrected chi connectivity index (χ4v) is 5.59. The number of aliphatic hydroxyl groups is 2. The van der Waals surface area contributed by atoms with Crippen LogP contribution in [0.1, 0.15) is 30.5 Å². The molecule has 0 radical (unpaired) electrons. The second-order valence-electron chi connectivity index (χ2n) is 9.39. The molecule has 2 aliphatic heterocycles. The first-order chi connectivity index (χ1) is 18.4. The van der Waals surface area contributed by atoms with Crippen LogP contribution in [0.4, 0.5) is 5.82 Å². The van der Waals surface area contributed by atoms with E-state index in [1.807, 2.05) is 24.3 Å². The number of nitrogens with one attached hydrogen (secondary N) is 2. The Morgan fingerprint density at radius 3 is 2.97 bits per heavy atom. The number of ether oxygens (including phenoxy) is 2. The summed E-state index contributed by atoms with van der Waals surface area (Å²) in [4.78, 5) is 26.3. The van der Waals surface area contributed by atoms with Crippen molar-refractivity contribution in [2.24, 2.45) is 0 Å². The molecule has 5 heterocycles. The largest absolute Gasteiger partial charge is 0.481 e. The summed E-state index contributed by atoms with van der Waals surface area (Å²) in [6.45, 7) is 4.46. The van der Waals surface area contributed by atoms with Gasteiger partial charge in [0.25, 0.3) is 0 Å². The maximum Gasteiger partial charge on any atom is 0.235 e. The summed E-state index contributed by atoms with van der Waals surface area (Å²) < 4.78 is 11.8. The van der Waals surface area contributed by atoms with Crippen LogP contribution in [-0.4, -0.2) is 74.9 Å². The fraction of sp³-hybridized carbons (Fsp3) is 0.407. The van der Waals surface area contributed by atoms with E-state index in [9.17, 15) is 15.0 Å². The summed E-state index contributed by atoms with van der Waals surface area (Å²) in [5.74, 6) is 1.42. The minimum atomic E-state index is -0.905. The molecular formula is C27H31N5O5S. The lowest BCUT2D eigenvalue weighted by Gasteiger charge is -2.39. The molecule has 4 atom stereocenters. The number of aliphatic hydroxyl groups excluding tert-OH is 2. The monoisotopic (exact) mass is 537 g/mol. The molecule has 1 saturated heterocycles. The molecule has 3 aromatic heterocycles. The Morgan fingerprint density at radius 2 is 2.16 bits per heavy atom. The van der Waals surface area contributed by atoms with Gasteiger partial charge in [-0.2, -0.15) is 0 Å². The molecule has 0 saturated carbocycles. The van der Waals surface area contributed by atoms with E-state index in [0.29, 0.717) is 35.9 Å². The van der Waals surface area contributed by atoms with Gasteiger partial charge in [-0.3, -0.25) is 9.78 Å². The molecule has 200 valence electrons. The first kappa shape index (κ1) is 26.5. The lowest BCUT2D eigenvalue weighted by Crippen LogP contribution is -2.48. The van der Waals surface area contributed by atoms with Gasteiger partial charge in [0.15, 0.2) is 0 Å². The highest BCUT2D eigenvalue weighted by Gasteiger charge is 2.34. The lowest BCUT2D eigenvalue weighted by atomic mass is 9.89. The summed E-state index contributed by atoms with van der Waals surface area (Å²) in [7, 11) is 1.57. The molecule has 1 fully saturated rings. The fourth-order valence-electron chi connectivity index (χ4n) is 4.84. The predicted molar refractivity (Wildman–Crippen MR) is 145 cm³/mol. The first-order valence-electron chi connectivity index (χ1n) is 12.5. The number of aromatic nitrogens is 3. The van der Waals surface area contributed by atoms with Gasteiger partial charge in [-0.1, -0.05) is 6.58 Å². The first-order valence-corrected chi connectivity index (χ1v) is 13.5. The van der Waals surface area contributed by atoms with Crippen molar-refractivity contribution in [3.8, 4) is 5.88 Å². The van der Waals surface area contributed by atoms with Crippen LogP contribution in [0, 0.1) is 0 Å². The van der Waals surface area contributed by atoms with Gasteiger partial charge in [-0.05, 0) is 42.7 Å². The number of pyridine rings is 3. The van der Waals surface area contributed by atoms with Crippen molar-refractivity contribution in [1.29, 1.82) is 0 Å². The van der Waals surface area contributed by atoms with E-state index in [1.165, 1.54) is 11.8 Å². The van der Waals surface area contributed by atoms with Crippen molar-refractivity contribution in [2.45, 2.75) is 55.1 Å². The molecule has 5 rings (SSSR count). The van der Waals surface area contributed by atoms with Crippen LogP contribution in [0.15, 0.2) is 48.0 Å². The zero-order valence-corrected chi connectivity index (χ0v) is 21.9. The molecule has 3 aromatic rings. The Morgan fingerprint density at radius 1 is 1.29 bits per heavy atom. The summed E-state index contributed by atoms with van der Waals surface area (Å²) in [5, 5.41) is 26.1. The van der Waals surface area contributed by atoms with Gasteiger partial charge in [-0.25, -0.2) is 9.97 Å². The van der Waals surface area contributed by atoms with Gasteiger partial charge in [0.1, 0.15) is 11.3 Å². The highest BCUT2D eigenvalue weighted by molar-refractivity contribution is 8.00. The molecule has 4 N–H and O–H groups in total. The van der Waals surface area contributed by atoms with Crippen molar-refractivity contribution in [3.63, 3.8) is 0 Å². The van der Waals surface area contributed by atoms with E-state index in [0.717, 1.165) is 33.7 Å². The Balaban J connectivity index is 1.31. The summed E-state index contributed by atoms with van der Waals surface area (Å²) in [6.07, 6.45) is 1.91. The molecule has 0 spiro atoms.